The summed E-state index contributed by atoms with van der Waals surface area (Å²) < 4.78 is 35.2. The molecular formula is C31H31Cl3N2O6S. The van der Waals surface area contributed by atoms with E-state index >= 15 is 0 Å². The van der Waals surface area contributed by atoms with Crippen LogP contribution in [0.5, 0.6) is 0 Å². The van der Waals surface area contributed by atoms with Gasteiger partial charge in [0.1, 0.15) is 12.2 Å². The van der Waals surface area contributed by atoms with Gasteiger partial charge in [0.05, 0.1) is 41.0 Å². The molecule has 0 aromatic heterocycles. The Morgan fingerprint density at radius 3 is 2.30 bits per heavy atom. The number of hydrogen-bond donors (Lipinski definition) is 1. The van der Waals surface area contributed by atoms with Crippen molar-refractivity contribution in [3.8, 4) is 0 Å². The van der Waals surface area contributed by atoms with Crippen molar-refractivity contribution >= 4 is 62.4 Å². The molecule has 1 aliphatic heterocycles. The second-order valence-electron chi connectivity index (χ2n) is 10.7. The molecule has 4 atom stereocenters. The van der Waals surface area contributed by atoms with Gasteiger partial charge in [0.15, 0.2) is 0 Å². The van der Waals surface area contributed by atoms with Gasteiger partial charge in [-0.3, -0.25) is 13.9 Å². The van der Waals surface area contributed by atoms with Gasteiger partial charge in [-0.1, -0.05) is 78.1 Å². The zero-order valence-electron chi connectivity index (χ0n) is 23.3. The number of morpholine rings is 1. The molecule has 0 spiro atoms. The van der Waals surface area contributed by atoms with Crippen LogP contribution in [-0.4, -0.2) is 54.2 Å². The average molecular weight is 666 g/mol. The molecule has 1 aliphatic carbocycles. The number of anilines is 1. The third kappa shape index (κ3) is 6.81. The molecule has 0 radical (unpaired) electrons. The first-order valence-electron chi connectivity index (χ1n) is 14.0. The van der Waals surface area contributed by atoms with Crippen LogP contribution in [-0.2, 0) is 24.3 Å². The molecule has 2 fully saturated rings. The summed E-state index contributed by atoms with van der Waals surface area (Å²) in [6, 6.07) is 19.2. The summed E-state index contributed by atoms with van der Waals surface area (Å²) in [5.74, 6) is -1.74. The van der Waals surface area contributed by atoms with Gasteiger partial charge in [0.25, 0.3) is 5.91 Å². The van der Waals surface area contributed by atoms with Crippen molar-refractivity contribution in [3.05, 3.63) is 99.0 Å². The second kappa shape index (κ2) is 13.0. The van der Waals surface area contributed by atoms with Gasteiger partial charge in [-0.15, -0.1) is 0 Å². The summed E-state index contributed by atoms with van der Waals surface area (Å²) in [4.78, 5) is 27.7. The SMILES string of the molecule is CC[C@@H](CN(c1ccccc1Cl)S(=O)(=O)C1CC1)N1C(=O)[C@@H](CC(=O)O)O[C@H](c2cccc(Cl)c2)[C@H]1c1ccc(Cl)cc1. The maximum atomic E-state index is 14.2. The van der Waals surface area contributed by atoms with E-state index in [0.29, 0.717) is 46.1 Å². The van der Waals surface area contributed by atoms with Crippen molar-refractivity contribution in [2.24, 2.45) is 0 Å². The predicted molar refractivity (Wildman–Crippen MR) is 167 cm³/mol. The smallest absolute Gasteiger partial charge is 0.306 e. The maximum Gasteiger partial charge on any atom is 0.306 e. The predicted octanol–water partition coefficient (Wildman–Crippen LogP) is 6.91. The first-order chi connectivity index (χ1) is 20.5. The molecule has 3 aromatic rings. The largest absolute Gasteiger partial charge is 0.481 e. The van der Waals surface area contributed by atoms with Crippen molar-refractivity contribution in [1.82, 2.24) is 4.90 Å². The molecule has 1 saturated heterocycles. The van der Waals surface area contributed by atoms with Crippen LogP contribution in [0.3, 0.4) is 0 Å². The molecule has 1 heterocycles. The zero-order valence-corrected chi connectivity index (χ0v) is 26.4. The van der Waals surface area contributed by atoms with E-state index in [-0.39, 0.29) is 11.6 Å². The van der Waals surface area contributed by atoms with E-state index < -0.39 is 57.9 Å². The minimum atomic E-state index is -3.81. The lowest BCUT2D eigenvalue weighted by Gasteiger charge is -2.48. The number of benzene rings is 3. The van der Waals surface area contributed by atoms with Crippen LogP contribution in [0.2, 0.25) is 15.1 Å². The van der Waals surface area contributed by atoms with Gasteiger partial charge in [-0.25, -0.2) is 8.42 Å². The van der Waals surface area contributed by atoms with Gasteiger partial charge < -0.3 is 14.7 Å². The lowest BCUT2D eigenvalue weighted by atomic mass is 9.89. The molecule has 0 unspecified atom stereocenters. The van der Waals surface area contributed by atoms with Crippen LogP contribution < -0.4 is 4.31 Å². The maximum absolute atomic E-state index is 14.2. The highest BCUT2D eigenvalue weighted by Crippen LogP contribution is 2.45. The molecule has 1 amide bonds. The lowest BCUT2D eigenvalue weighted by molar-refractivity contribution is -0.183. The highest BCUT2D eigenvalue weighted by molar-refractivity contribution is 7.93. The van der Waals surface area contributed by atoms with E-state index in [1.807, 2.05) is 6.92 Å². The summed E-state index contributed by atoms with van der Waals surface area (Å²) in [7, 11) is -3.81. The fourth-order valence-electron chi connectivity index (χ4n) is 5.54. The number of halogens is 3. The van der Waals surface area contributed by atoms with Crippen molar-refractivity contribution < 1.29 is 27.9 Å². The molecule has 1 saturated carbocycles. The number of nitrogens with zero attached hydrogens (tertiary/aromatic N) is 2. The third-order valence-corrected chi connectivity index (χ3v) is 10.9. The number of aliphatic carboxylic acids is 1. The van der Waals surface area contributed by atoms with E-state index in [9.17, 15) is 23.1 Å². The summed E-state index contributed by atoms with van der Waals surface area (Å²) in [6.07, 6.45) is -1.25. The number of carboxylic acid groups (broad SMARTS) is 1. The summed E-state index contributed by atoms with van der Waals surface area (Å²) >= 11 is 19.1. The van der Waals surface area contributed by atoms with Crippen LogP contribution in [0.25, 0.3) is 0 Å². The molecular weight excluding hydrogens is 635 g/mol. The molecule has 12 heteroatoms. The number of ether oxygens (including phenoxy) is 1. The molecule has 228 valence electrons. The van der Waals surface area contributed by atoms with E-state index in [0.717, 1.165) is 0 Å². The third-order valence-electron chi connectivity index (χ3n) is 7.79. The summed E-state index contributed by atoms with van der Waals surface area (Å²) in [5.41, 5.74) is 1.65. The quantitative estimate of drug-likeness (QED) is 0.239. The molecule has 5 rings (SSSR count). The van der Waals surface area contributed by atoms with Crippen molar-refractivity contribution in [3.63, 3.8) is 0 Å². The molecule has 3 aromatic carbocycles. The van der Waals surface area contributed by atoms with Gasteiger partial charge in [-0.2, -0.15) is 0 Å². The van der Waals surface area contributed by atoms with Crippen LogP contribution in [0.1, 0.15) is 55.9 Å². The number of amides is 1. The Labute approximate surface area is 266 Å². The van der Waals surface area contributed by atoms with Gasteiger partial charge >= 0.3 is 5.97 Å². The Balaban J connectivity index is 1.66. The minimum Gasteiger partial charge on any atom is -0.481 e. The van der Waals surface area contributed by atoms with E-state index in [4.69, 9.17) is 39.5 Å². The standard InChI is InChI=1S/C31H31Cl3N2O6S/c1-2-23(18-35(43(40,41)24-14-15-24)26-9-4-3-8-25(26)34)36-29(19-10-12-21(32)13-11-19)30(20-6-5-7-22(33)16-20)42-27(31(36)39)17-28(37)38/h3-13,16,23-24,27,29-30H,2,14-15,17-18H2,1H3,(H,37,38)/t23-,27+,29+,30+/m0/s1. The van der Waals surface area contributed by atoms with Crippen LogP contribution in [0.4, 0.5) is 5.69 Å². The molecule has 1 N–H and O–H groups in total. The van der Waals surface area contributed by atoms with Gasteiger partial charge in [0, 0.05) is 10.0 Å². The number of carbonyl (C=O) groups excluding carboxylic acids is 1. The highest BCUT2D eigenvalue weighted by Gasteiger charge is 2.49. The fourth-order valence-corrected chi connectivity index (χ4v) is 8.06. The Morgan fingerprint density at radius 1 is 1.00 bits per heavy atom. The minimum absolute atomic E-state index is 0.0864. The number of sulfonamides is 1. The number of rotatable bonds is 11. The van der Waals surface area contributed by atoms with E-state index in [1.165, 1.54) is 4.31 Å². The van der Waals surface area contributed by atoms with E-state index in [2.05, 4.69) is 0 Å². The summed E-state index contributed by atoms with van der Waals surface area (Å²) in [6.45, 7) is 1.78. The molecule has 2 aliphatic rings. The normalized spacial score (nSPS) is 21.4. The molecule has 0 bridgehead atoms. The Kier molecular flexibility index (Phi) is 9.58. The van der Waals surface area contributed by atoms with Crippen molar-refractivity contribution in [2.45, 2.75) is 62.1 Å². The topological polar surface area (TPSA) is 104 Å². The number of carbonyl (C=O) groups is 2. The Morgan fingerprint density at radius 2 is 1.70 bits per heavy atom. The van der Waals surface area contributed by atoms with Gasteiger partial charge in [-0.05, 0) is 66.8 Å². The zero-order chi connectivity index (χ0) is 30.9. The fraction of sp³-hybridized carbons (Fsp3) is 0.355. The van der Waals surface area contributed by atoms with Crippen LogP contribution in [0.15, 0.2) is 72.8 Å². The van der Waals surface area contributed by atoms with E-state index in [1.54, 1.807) is 77.7 Å². The number of para-hydroxylation sites is 1. The highest BCUT2D eigenvalue weighted by atomic mass is 35.5. The lowest BCUT2D eigenvalue weighted by Crippen LogP contribution is -2.58. The second-order valence-corrected chi connectivity index (χ2v) is 14.1. The first kappa shape index (κ1) is 31.6. The summed E-state index contributed by atoms with van der Waals surface area (Å²) in [5, 5.41) is 10.4. The molecule has 43 heavy (non-hydrogen) atoms. The number of carboxylic acids is 1. The van der Waals surface area contributed by atoms with Gasteiger partial charge in [0.2, 0.25) is 10.0 Å². The average Bonchev–Trinajstić information content (AvgIpc) is 3.82. The van der Waals surface area contributed by atoms with Crippen molar-refractivity contribution in [1.29, 1.82) is 0 Å². The first-order valence-corrected chi connectivity index (χ1v) is 16.6. The van der Waals surface area contributed by atoms with Crippen molar-refractivity contribution in [2.75, 3.05) is 10.8 Å². The van der Waals surface area contributed by atoms with Crippen LogP contribution in [0, 0.1) is 0 Å². The Hall–Kier alpha value is -2.82. The van der Waals surface area contributed by atoms with Crippen LogP contribution >= 0.6 is 34.8 Å². The monoisotopic (exact) mass is 664 g/mol. The molecule has 8 nitrogen and oxygen atoms in total. The Bertz CT molecular complexity index is 1600. The number of hydrogen-bond acceptors (Lipinski definition) is 5.